The number of carbonyl (C=O) groups excluding carboxylic acids is 3. The zero-order chi connectivity index (χ0) is 26.2. The monoisotopic (exact) mass is 506 g/mol. The smallest absolute Gasteiger partial charge is 0.331 e. The van der Waals surface area contributed by atoms with Crippen LogP contribution in [0, 0.1) is 0 Å². The second kappa shape index (κ2) is 11.8. The van der Waals surface area contributed by atoms with E-state index in [4.69, 9.17) is 23.4 Å². The predicted octanol–water partition coefficient (Wildman–Crippen LogP) is 3.81. The molecule has 10 nitrogen and oxygen atoms in total. The van der Waals surface area contributed by atoms with Gasteiger partial charge in [-0.2, -0.15) is 0 Å². The summed E-state index contributed by atoms with van der Waals surface area (Å²) in [6.07, 6.45) is 3.47. The molecule has 0 saturated carbocycles. The Kier molecular flexibility index (Phi) is 8.09. The highest BCUT2D eigenvalue weighted by Gasteiger charge is 2.36. The van der Waals surface area contributed by atoms with Gasteiger partial charge in [-0.3, -0.25) is 19.8 Å². The lowest BCUT2D eigenvalue weighted by atomic mass is 10.1. The Morgan fingerprint density at radius 2 is 1.65 bits per heavy atom. The molecule has 0 bridgehead atoms. The molecule has 2 heterocycles. The summed E-state index contributed by atoms with van der Waals surface area (Å²) in [5, 5.41) is 2.18. The molecular weight excluding hydrogens is 480 g/mol. The first kappa shape index (κ1) is 25.4. The number of rotatable bonds is 11. The number of ether oxygens (including phenoxy) is 4. The van der Waals surface area contributed by atoms with Gasteiger partial charge in [-0.1, -0.05) is 6.07 Å². The van der Waals surface area contributed by atoms with E-state index in [1.165, 1.54) is 19.4 Å². The minimum atomic E-state index is -0.805. The van der Waals surface area contributed by atoms with E-state index < -0.39 is 17.8 Å². The topological polar surface area (TPSA) is 117 Å². The highest BCUT2D eigenvalue weighted by Crippen LogP contribution is 2.30. The molecule has 1 N–H and O–H groups in total. The standard InChI is InChI=1S/C27H26N2O8/c1-33-19-7-9-20(10-8-19)35-13-4-14-37-23-11-6-18(16-24(23)34-2)15-22-25(30)28-27(32)29(26(22)31)17-21-5-3-12-36-21/h3,5-12,15-16H,4,13-14,17H2,1-2H3,(H,28,30,32)/b22-15-. The normalized spacial score (nSPS) is 14.5. The Labute approximate surface area is 213 Å². The van der Waals surface area contributed by atoms with Crippen LogP contribution in [0.15, 0.2) is 70.9 Å². The number of amides is 4. The maximum Gasteiger partial charge on any atom is 0.331 e. The van der Waals surface area contributed by atoms with Crippen molar-refractivity contribution < 1.29 is 37.7 Å². The highest BCUT2D eigenvalue weighted by molar-refractivity contribution is 6.30. The van der Waals surface area contributed by atoms with Gasteiger partial charge in [0.25, 0.3) is 11.8 Å². The second-order valence-corrected chi connectivity index (χ2v) is 7.92. The van der Waals surface area contributed by atoms with Crippen LogP contribution in [0.4, 0.5) is 4.79 Å². The van der Waals surface area contributed by atoms with Gasteiger partial charge in [0.1, 0.15) is 22.8 Å². The number of methoxy groups -OCH3 is 2. The number of nitrogens with one attached hydrogen (secondary N) is 1. The molecule has 37 heavy (non-hydrogen) atoms. The fourth-order valence-electron chi connectivity index (χ4n) is 3.56. The molecule has 0 aliphatic carbocycles. The van der Waals surface area contributed by atoms with Crippen LogP contribution in [0.5, 0.6) is 23.0 Å². The molecule has 0 radical (unpaired) electrons. The minimum Gasteiger partial charge on any atom is -0.497 e. The summed E-state index contributed by atoms with van der Waals surface area (Å²) >= 11 is 0. The number of urea groups is 1. The average Bonchev–Trinajstić information content (AvgIpc) is 3.43. The van der Waals surface area contributed by atoms with E-state index in [1.54, 1.807) is 37.4 Å². The van der Waals surface area contributed by atoms with E-state index in [1.807, 2.05) is 24.3 Å². The molecule has 1 fully saturated rings. The third-order valence-corrected chi connectivity index (χ3v) is 5.45. The van der Waals surface area contributed by atoms with E-state index in [0.717, 1.165) is 16.4 Å². The van der Waals surface area contributed by atoms with Crippen LogP contribution in [0.2, 0.25) is 0 Å². The molecule has 2 aromatic carbocycles. The summed E-state index contributed by atoms with van der Waals surface area (Å²) in [6.45, 7) is 0.752. The summed E-state index contributed by atoms with van der Waals surface area (Å²) < 4.78 is 27.3. The Hall–Kier alpha value is -4.73. The zero-order valence-electron chi connectivity index (χ0n) is 20.4. The number of carbonyl (C=O) groups is 3. The van der Waals surface area contributed by atoms with Crippen LogP contribution in [-0.2, 0) is 16.1 Å². The molecule has 3 aromatic rings. The number of hydrogen-bond donors (Lipinski definition) is 1. The zero-order valence-corrected chi connectivity index (χ0v) is 20.4. The van der Waals surface area contributed by atoms with Crippen molar-refractivity contribution in [3.05, 3.63) is 77.8 Å². The van der Waals surface area contributed by atoms with Gasteiger partial charge in [0.15, 0.2) is 11.5 Å². The Bertz CT molecular complexity index is 1280. The van der Waals surface area contributed by atoms with Crippen molar-refractivity contribution in [3.8, 4) is 23.0 Å². The van der Waals surface area contributed by atoms with Gasteiger partial charge in [-0.15, -0.1) is 0 Å². The lowest BCUT2D eigenvalue weighted by molar-refractivity contribution is -0.130. The van der Waals surface area contributed by atoms with Crippen molar-refractivity contribution in [2.75, 3.05) is 27.4 Å². The van der Waals surface area contributed by atoms with Gasteiger partial charge in [0, 0.05) is 6.42 Å². The summed E-state index contributed by atoms with van der Waals surface area (Å²) in [5.41, 5.74) is 0.343. The van der Waals surface area contributed by atoms with Crippen molar-refractivity contribution in [2.24, 2.45) is 0 Å². The van der Waals surface area contributed by atoms with E-state index in [-0.39, 0.29) is 12.1 Å². The van der Waals surface area contributed by atoms with Crippen LogP contribution in [0.25, 0.3) is 6.08 Å². The fraction of sp³-hybridized carbons (Fsp3) is 0.222. The van der Waals surface area contributed by atoms with Crippen LogP contribution in [0.1, 0.15) is 17.7 Å². The van der Waals surface area contributed by atoms with Crippen molar-refractivity contribution in [1.82, 2.24) is 10.2 Å². The van der Waals surface area contributed by atoms with Crippen LogP contribution < -0.4 is 24.3 Å². The predicted molar refractivity (Wildman–Crippen MR) is 132 cm³/mol. The average molecular weight is 507 g/mol. The molecule has 0 spiro atoms. The number of imide groups is 2. The third kappa shape index (κ3) is 6.29. The second-order valence-electron chi connectivity index (χ2n) is 7.92. The lowest BCUT2D eigenvalue weighted by Crippen LogP contribution is -2.53. The number of nitrogens with zero attached hydrogens (tertiary/aromatic N) is 1. The molecule has 4 rings (SSSR count). The van der Waals surface area contributed by atoms with Crippen LogP contribution >= 0.6 is 0 Å². The Balaban J connectivity index is 1.37. The quantitative estimate of drug-likeness (QED) is 0.237. The minimum absolute atomic E-state index is 0.0967. The maximum absolute atomic E-state index is 12.9. The maximum atomic E-state index is 12.9. The summed E-state index contributed by atoms with van der Waals surface area (Å²) in [4.78, 5) is 38.4. The largest absolute Gasteiger partial charge is 0.497 e. The molecule has 4 amide bonds. The van der Waals surface area contributed by atoms with Crippen LogP contribution in [-0.4, -0.2) is 50.2 Å². The van der Waals surface area contributed by atoms with Crippen molar-refractivity contribution in [1.29, 1.82) is 0 Å². The molecule has 10 heteroatoms. The molecule has 192 valence electrons. The summed E-state index contributed by atoms with van der Waals surface area (Å²) in [5.74, 6) is 1.34. The molecule has 1 aliphatic rings. The Morgan fingerprint density at radius 1 is 0.892 bits per heavy atom. The number of benzene rings is 2. The van der Waals surface area contributed by atoms with Gasteiger partial charge in [-0.05, 0) is 60.2 Å². The van der Waals surface area contributed by atoms with Crippen molar-refractivity contribution in [3.63, 3.8) is 0 Å². The third-order valence-electron chi connectivity index (χ3n) is 5.45. The van der Waals surface area contributed by atoms with E-state index in [0.29, 0.717) is 42.5 Å². The highest BCUT2D eigenvalue weighted by atomic mass is 16.5. The summed E-state index contributed by atoms with van der Waals surface area (Å²) in [6, 6.07) is 14.8. The first-order valence-electron chi connectivity index (χ1n) is 11.5. The van der Waals surface area contributed by atoms with Crippen molar-refractivity contribution >= 4 is 23.9 Å². The molecule has 1 saturated heterocycles. The fourth-order valence-corrected chi connectivity index (χ4v) is 3.56. The van der Waals surface area contributed by atoms with Gasteiger partial charge in [0.05, 0.1) is 40.2 Å². The van der Waals surface area contributed by atoms with Gasteiger partial charge in [0.2, 0.25) is 0 Å². The van der Waals surface area contributed by atoms with Gasteiger partial charge < -0.3 is 23.4 Å². The SMILES string of the molecule is COc1ccc(OCCCOc2ccc(/C=C3/C(=O)NC(=O)N(Cc4ccco4)C3=O)cc2OC)cc1. The number of furan rings is 1. The van der Waals surface area contributed by atoms with Crippen molar-refractivity contribution in [2.45, 2.75) is 13.0 Å². The molecule has 0 atom stereocenters. The molecular formula is C27H26N2O8. The molecule has 1 aliphatic heterocycles. The lowest BCUT2D eigenvalue weighted by Gasteiger charge is -2.25. The van der Waals surface area contributed by atoms with E-state index in [2.05, 4.69) is 5.32 Å². The number of barbiturate groups is 1. The first-order chi connectivity index (χ1) is 18.0. The van der Waals surface area contributed by atoms with E-state index in [9.17, 15) is 14.4 Å². The molecule has 0 unspecified atom stereocenters. The number of hydrogen-bond acceptors (Lipinski definition) is 8. The van der Waals surface area contributed by atoms with Gasteiger partial charge in [-0.25, -0.2) is 4.79 Å². The summed E-state index contributed by atoms with van der Waals surface area (Å²) in [7, 11) is 3.10. The van der Waals surface area contributed by atoms with E-state index >= 15 is 0 Å². The van der Waals surface area contributed by atoms with Crippen LogP contribution in [0.3, 0.4) is 0 Å². The Morgan fingerprint density at radius 3 is 2.35 bits per heavy atom. The van der Waals surface area contributed by atoms with Gasteiger partial charge >= 0.3 is 6.03 Å². The molecule has 1 aromatic heterocycles. The first-order valence-corrected chi connectivity index (χ1v) is 11.5.